The molecule has 2 rings (SSSR count). The molecule has 1 N–H and O–H groups in total. The molecule has 0 radical (unpaired) electrons. The fourth-order valence-corrected chi connectivity index (χ4v) is 2.19. The number of carbonyl (C=O) groups is 2. The highest BCUT2D eigenvalue weighted by Crippen LogP contribution is 2.17. The summed E-state index contributed by atoms with van der Waals surface area (Å²) in [5, 5.41) is 22.4. The van der Waals surface area contributed by atoms with Crippen molar-refractivity contribution >= 4 is 23.7 Å². The van der Waals surface area contributed by atoms with Gasteiger partial charge in [-0.15, -0.1) is 0 Å². The van der Waals surface area contributed by atoms with E-state index < -0.39 is 10.8 Å². The van der Waals surface area contributed by atoms with E-state index >= 15 is 0 Å². The number of nitriles is 1. The van der Waals surface area contributed by atoms with Gasteiger partial charge in [-0.05, 0) is 6.07 Å². The van der Waals surface area contributed by atoms with Crippen molar-refractivity contribution in [3.05, 3.63) is 46.2 Å². The van der Waals surface area contributed by atoms with Gasteiger partial charge in [-0.25, -0.2) is 0 Å². The number of hydrogen-bond donors (Lipinski definition) is 1. The first kappa shape index (κ1) is 17.0. The maximum absolute atomic E-state index is 12.2. The molecule has 0 saturated carbocycles. The van der Waals surface area contributed by atoms with E-state index in [2.05, 4.69) is 5.32 Å². The standard InChI is InChI=1S/C15H15N5O4/c16-9-12(10-18-4-6-19(11-21)7-5-18)15(22)17-13-2-1-3-14(8-13)20(23)24/h1-3,8,10-11H,4-7H2,(H,17,22)/b12-10-. The molecule has 0 unspecified atom stereocenters. The third-order valence-electron chi connectivity index (χ3n) is 3.49. The van der Waals surface area contributed by atoms with Crippen molar-refractivity contribution in [1.29, 1.82) is 5.26 Å². The number of piperazine rings is 1. The second-order valence-corrected chi connectivity index (χ2v) is 5.09. The third kappa shape index (κ3) is 4.30. The first-order valence-electron chi connectivity index (χ1n) is 7.14. The Morgan fingerprint density at radius 1 is 1.29 bits per heavy atom. The summed E-state index contributed by atoms with van der Waals surface area (Å²) in [6.07, 6.45) is 2.20. The quantitative estimate of drug-likeness (QED) is 0.279. The molecule has 0 aliphatic carbocycles. The number of rotatable bonds is 5. The van der Waals surface area contributed by atoms with Crippen molar-refractivity contribution in [3.63, 3.8) is 0 Å². The molecule has 1 saturated heterocycles. The number of nitro groups is 1. The number of non-ortho nitro benzene ring substituents is 1. The van der Waals surface area contributed by atoms with Gasteiger partial charge in [-0.2, -0.15) is 5.26 Å². The van der Waals surface area contributed by atoms with Gasteiger partial charge in [0.2, 0.25) is 6.41 Å². The highest BCUT2D eigenvalue weighted by Gasteiger charge is 2.17. The summed E-state index contributed by atoms with van der Waals surface area (Å²) in [5.41, 5.74) is -0.0255. The zero-order chi connectivity index (χ0) is 17.5. The Morgan fingerprint density at radius 2 is 1.96 bits per heavy atom. The molecule has 0 bridgehead atoms. The Morgan fingerprint density at radius 3 is 2.54 bits per heavy atom. The number of benzene rings is 1. The van der Waals surface area contributed by atoms with Gasteiger partial charge in [0.1, 0.15) is 11.6 Å². The molecular weight excluding hydrogens is 314 g/mol. The van der Waals surface area contributed by atoms with Gasteiger partial charge in [-0.1, -0.05) is 6.07 Å². The van der Waals surface area contributed by atoms with Crippen molar-refractivity contribution in [1.82, 2.24) is 9.80 Å². The van der Waals surface area contributed by atoms with Crippen LogP contribution in [0, 0.1) is 21.4 Å². The number of amides is 2. The fourth-order valence-electron chi connectivity index (χ4n) is 2.19. The molecule has 0 atom stereocenters. The van der Waals surface area contributed by atoms with Crippen molar-refractivity contribution in [2.24, 2.45) is 0 Å². The van der Waals surface area contributed by atoms with Crippen LogP contribution in [0.2, 0.25) is 0 Å². The zero-order valence-corrected chi connectivity index (χ0v) is 12.7. The summed E-state index contributed by atoms with van der Waals surface area (Å²) in [6.45, 7) is 2.08. The van der Waals surface area contributed by atoms with Crippen LogP contribution in [0.25, 0.3) is 0 Å². The molecule has 1 fully saturated rings. The lowest BCUT2D eigenvalue weighted by Crippen LogP contribution is -2.43. The Bertz CT molecular complexity index is 717. The molecule has 1 aliphatic heterocycles. The number of nitrogens with one attached hydrogen (secondary N) is 1. The van der Waals surface area contributed by atoms with Crippen molar-refractivity contribution in [2.75, 3.05) is 31.5 Å². The average molecular weight is 329 g/mol. The minimum atomic E-state index is -0.643. The van der Waals surface area contributed by atoms with Gasteiger partial charge in [-0.3, -0.25) is 19.7 Å². The van der Waals surface area contributed by atoms with Gasteiger partial charge >= 0.3 is 0 Å². The Balaban J connectivity index is 2.05. The topological polar surface area (TPSA) is 120 Å². The zero-order valence-electron chi connectivity index (χ0n) is 12.7. The highest BCUT2D eigenvalue weighted by atomic mass is 16.6. The Hall–Kier alpha value is -3.41. The summed E-state index contributed by atoms with van der Waals surface area (Å²) >= 11 is 0. The van der Waals surface area contributed by atoms with E-state index in [1.807, 2.05) is 6.07 Å². The first-order valence-corrected chi connectivity index (χ1v) is 7.14. The molecule has 0 spiro atoms. The molecule has 1 aromatic carbocycles. The van der Waals surface area contributed by atoms with Crippen LogP contribution in [0.4, 0.5) is 11.4 Å². The molecule has 1 aliphatic rings. The maximum Gasteiger partial charge on any atom is 0.271 e. The summed E-state index contributed by atoms with van der Waals surface area (Å²) in [4.78, 5) is 36.4. The van der Waals surface area contributed by atoms with Crippen LogP contribution < -0.4 is 5.32 Å². The van der Waals surface area contributed by atoms with Crippen LogP contribution in [0.15, 0.2) is 36.0 Å². The summed E-state index contributed by atoms with van der Waals surface area (Å²) < 4.78 is 0. The van der Waals surface area contributed by atoms with Crippen LogP contribution in [0.3, 0.4) is 0 Å². The Kier molecular flexibility index (Phi) is 5.46. The van der Waals surface area contributed by atoms with Crippen LogP contribution in [-0.2, 0) is 9.59 Å². The molecule has 24 heavy (non-hydrogen) atoms. The van der Waals surface area contributed by atoms with Crippen LogP contribution >= 0.6 is 0 Å². The van der Waals surface area contributed by atoms with Crippen LogP contribution in [0.5, 0.6) is 0 Å². The van der Waals surface area contributed by atoms with Gasteiger partial charge in [0, 0.05) is 50.2 Å². The second-order valence-electron chi connectivity index (χ2n) is 5.09. The third-order valence-corrected chi connectivity index (χ3v) is 3.49. The lowest BCUT2D eigenvalue weighted by Gasteiger charge is -2.31. The van der Waals surface area contributed by atoms with E-state index in [9.17, 15) is 19.7 Å². The van der Waals surface area contributed by atoms with E-state index in [-0.39, 0.29) is 16.9 Å². The van der Waals surface area contributed by atoms with E-state index in [1.54, 1.807) is 9.80 Å². The Labute approximate surface area is 137 Å². The van der Waals surface area contributed by atoms with Gasteiger partial charge < -0.3 is 15.1 Å². The normalized spacial score (nSPS) is 14.7. The van der Waals surface area contributed by atoms with Crippen LogP contribution in [-0.4, -0.2) is 53.2 Å². The van der Waals surface area contributed by atoms with Crippen molar-refractivity contribution in [3.8, 4) is 6.07 Å². The minimum absolute atomic E-state index is 0.110. The van der Waals surface area contributed by atoms with Gasteiger partial charge in [0.25, 0.3) is 11.6 Å². The van der Waals surface area contributed by atoms with E-state index in [0.29, 0.717) is 26.2 Å². The lowest BCUT2D eigenvalue weighted by atomic mass is 10.2. The molecule has 9 heteroatoms. The SMILES string of the molecule is N#C/C(=C/N1CCN(C=O)CC1)C(=O)Nc1cccc([N+](=O)[O-])c1. The van der Waals surface area contributed by atoms with Crippen molar-refractivity contribution in [2.45, 2.75) is 0 Å². The fraction of sp³-hybridized carbons (Fsp3) is 0.267. The van der Waals surface area contributed by atoms with E-state index in [0.717, 1.165) is 6.41 Å². The number of carbonyl (C=O) groups excluding carboxylic acids is 2. The predicted octanol–water partition coefficient (Wildman–Crippen LogP) is 0.715. The first-order chi connectivity index (χ1) is 11.5. The summed E-state index contributed by atoms with van der Waals surface area (Å²) in [7, 11) is 0. The molecular formula is C15H15N5O4. The smallest absolute Gasteiger partial charge is 0.271 e. The monoisotopic (exact) mass is 329 g/mol. The van der Waals surface area contributed by atoms with E-state index in [1.165, 1.54) is 30.5 Å². The molecule has 0 aromatic heterocycles. The number of anilines is 1. The molecule has 1 aromatic rings. The van der Waals surface area contributed by atoms with Crippen molar-refractivity contribution < 1.29 is 14.5 Å². The number of hydrogen-bond acceptors (Lipinski definition) is 6. The van der Waals surface area contributed by atoms with E-state index in [4.69, 9.17) is 5.26 Å². The molecule has 1 heterocycles. The predicted molar refractivity (Wildman–Crippen MR) is 84.6 cm³/mol. The summed E-state index contributed by atoms with van der Waals surface area (Å²) in [5.74, 6) is -0.643. The largest absolute Gasteiger partial charge is 0.373 e. The van der Waals surface area contributed by atoms with Gasteiger partial charge in [0.05, 0.1) is 4.92 Å². The number of nitro benzene ring substituents is 1. The number of nitrogens with zero attached hydrogens (tertiary/aromatic N) is 4. The molecule has 9 nitrogen and oxygen atoms in total. The minimum Gasteiger partial charge on any atom is -0.373 e. The molecule has 2 amide bonds. The second kappa shape index (κ2) is 7.73. The van der Waals surface area contributed by atoms with Crippen LogP contribution in [0.1, 0.15) is 0 Å². The van der Waals surface area contributed by atoms with Gasteiger partial charge in [0.15, 0.2) is 0 Å². The maximum atomic E-state index is 12.2. The summed E-state index contributed by atoms with van der Waals surface area (Å²) in [6, 6.07) is 7.30. The average Bonchev–Trinajstić information content (AvgIpc) is 2.60. The lowest BCUT2D eigenvalue weighted by molar-refractivity contribution is -0.384. The highest BCUT2D eigenvalue weighted by molar-refractivity contribution is 6.06. The molecule has 124 valence electrons.